The minimum absolute atomic E-state index is 0.0380. The van der Waals surface area contributed by atoms with Crippen LogP contribution in [0.25, 0.3) is 0 Å². The van der Waals surface area contributed by atoms with Crippen LogP contribution < -0.4 is 0 Å². The van der Waals surface area contributed by atoms with Crippen molar-refractivity contribution >= 4 is 0 Å². The molecule has 0 spiro atoms. The summed E-state index contributed by atoms with van der Waals surface area (Å²) in [5.74, 6) is -36.5. The quantitative estimate of drug-likeness (QED) is 0.316. The van der Waals surface area contributed by atoms with Gasteiger partial charge in [0.15, 0.2) is 0 Å². The fraction of sp³-hybridized carbons (Fsp3) is 0.667. The van der Waals surface area contributed by atoms with E-state index in [2.05, 4.69) is 0 Å². The molecular formula is C18H17F13. The normalized spacial score (nSPS) is 15.8. The van der Waals surface area contributed by atoms with E-state index in [1.807, 2.05) is 13.8 Å². The molecule has 0 aliphatic heterocycles. The molecule has 0 heterocycles. The molecule has 1 unspecified atom stereocenters. The lowest BCUT2D eigenvalue weighted by Crippen LogP contribution is -2.70. The van der Waals surface area contributed by atoms with E-state index in [-0.39, 0.29) is 11.5 Å². The third kappa shape index (κ3) is 4.59. The van der Waals surface area contributed by atoms with Gasteiger partial charge in [-0.2, -0.15) is 57.1 Å². The fourth-order valence-electron chi connectivity index (χ4n) is 2.51. The lowest BCUT2D eigenvalue weighted by Gasteiger charge is -2.39. The van der Waals surface area contributed by atoms with Crippen molar-refractivity contribution in [1.82, 2.24) is 0 Å². The SMILES string of the molecule is CCC(C)c1ccc(CCC(F)(F)C(F)(F)C(F)(F)C(F)(F)C(F)(F)C(F)(F)F)cc1. The van der Waals surface area contributed by atoms with E-state index in [0.29, 0.717) is 6.42 Å². The van der Waals surface area contributed by atoms with Gasteiger partial charge in [0, 0.05) is 6.42 Å². The van der Waals surface area contributed by atoms with Crippen LogP contribution in [-0.4, -0.2) is 35.8 Å². The molecule has 31 heavy (non-hydrogen) atoms. The number of benzene rings is 1. The zero-order valence-corrected chi connectivity index (χ0v) is 15.9. The largest absolute Gasteiger partial charge is 0.460 e. The first-order valence-electron chi connectivity index (χ1n) is 8.72. The van der Waals surface area contributed by atoms with Crippen molar-refractivity contribution in [2.75, 3.05) is 0 Å². The Balaban J connectivity index is 3.16. The maximum Gasteiger partial charge on any atom is 0.460 e. The highest BCUT2D eigenvalue weighted by molar-refractivity contribution is 5.25. The van der Waals surface area contributed by atoms with Crippen molar-refractivity contribution in [3.8, 4) is 0 Å². The van der Waals surface area contributed by atoms with E-state index in [4.69, 9.17) is 0 Å². The second-order valence-corrected chi connectivity index (χ2v) is 7.05. The monoisotopic (exact) mass is 480 g/mol. The molecule has 0 radical (unpaired) electrons. The standard InChI is InChI=1S/C18H17F13/c1-3-10(2)12-6-4-11(5-7-12)8-9-13(19,20)14(21,22)15(23,24)16(25,26)17(27,28)18(29,30)31/h4-7,10H,3,8-9H2,1-2H3. The van der Waals surface area contributed by atoms with Crippen molar-refractivity contribution in [2.24, 2.45) is 0 Å². The van der Waals surface area contributed by atoms with E-state index >= 15 is 0 Å². The van der Waals surface area contributed by atoms with Crippen LogP contribution in [0.4, 0.5) is 57.1 Å². The number of hydrogen-bond acceptors (Lipinski definition) is 0. The maximum absolute atomic E-state index is 13.8. The molecule has 0 bridgehead atoms. The van der Waals surface area contributed by atoms with Gasteiger partial charge in [-0.15, -0.1) is 0 Å². The van der Waals surface area contributed by atoms with E-state index in [9.17, 15) is 57.1 Å². The molecule has 1 atom stereocenters. The van der Waals surface area contributed by atoms with Gasteiger partial charge in [-0.3, -0.25) is 0 Å². The van der Waals surface area contributed by atoms with Gasteiger partial charge in [-0.05, 0) is 29.9 Å². The molecule has 0 N–H and O–H groups in total. The Morgan fingerprint density at radius 1 is 0.645 bits per heavy atom. The first kappa shape index (κ1) is 27.3. The van der Waals surface area contributed by atoms with Gasteiger partial charge in [-0.1, -0.05) is 38.1 Å². The molecule has 1 aromatic rings. The second kappa shape index (κ2) is 8.34. The van der Waals surface area contributed by atoms with Gasteiger partial charge in [0.05, 0.1) is 0 Å². The van der Waals surface area contributed by atoms with Crippen molar-refractivity contribution in [3.63, 3.8) is 0 Å². The molecular weight excluding hydrogens is 463 g/mol. The van der Waals surface area contributed by atoms with Crippen molar-refractivity contribution in [1.29, 1.82) is 0 Å². The molecule has 1 aromatic carbocycles. The van der Waals surface area contributed by atoms with Crippen LogP contribution in [0.15, 0.2) is 24.3 Å². The molecule has 0 saturated heterocycles. The van der Waals surface area contributed by atoms with Crippen LogP contribution in [0.1, 0.15) is 43.7 Å². The summed E-state index contributed by atoms with van der Waals surface area (Å²) in [6.45, 7) is 3.64. The highest BCUT2D eigenvalue weighted by Crippen LogP contribution is 2.60. The topological polar surface area (TPSA) is 0 Å². The maximum atomic E-state index is 13.8. The molecule has 180 valence electrons. The predicted molar refractivity (Wildman–Crippen MR) is 84.3 cm³/mol. The van der Waals surface area contributed by atoms with Gasteiger partial charge in [0.1, 0.15) is 0 Å². The van der Waals surface area contributed by atoms with Gasteiger partial charge >= 0.3 is 35.8 Å². The molecule has 13 heteroatoms. The van der Waals surface area contributed by atoms with Crippen LogP contribution in [0, 0.1) is 0 Å². The van der Waals surface area contributed by atoms with Crippen molar-refractivity contribution in [2.45, 2.75) is 74.8 Å². The average molecular weight is 480 g/mol. The lowest BCUT2D eigenvalue weighted by molar-refractivity contribution is -0.440. The Kier molecular flexibility index (Phi) is 7.36. The first-order valence-corrected chi connectivity index (χ1v) is 8.72. The molecule has 0 aliphatic carbocycles. The smallest absolute Gasteiger partial charge is 0.200 e. The average Bonchev–Trinajstić information content (AvgIpc) is 2.64. The minimum atomic E-state index is -7.86. The third-order valence-electron chi connectivity index (χ3n) is 4.89. The summed E-state index contributed by atoms with van der Waals surface area (Å²) in [4.78, 5) is 0. The number of rotatable bonds is 9. The Morgan fingerprint density at radius 3 is 1.45 bits per heavy atom. The van der Waals surface area contributed by atoms with Gasteiger partial charge in [0.25, 0.3) is 0 Å². The Labute approximate surface area is 168 Å². The molecule has 0 aromatic heterocycles. The molecule has 0 aliphatic rings. The predicted octanol–water partition coefficient (Wildman–Crippen LogP) is 7.87. The zero-order chi connectivity index (χ0) is 24.7. The number of aryl methyl sites for hydroxylation is 1. The minimum Gasteiger partial charge on any atom is -0.200 e. The van der Waals surface area contributed by atoms with Crippen LogP contribution in [-0.2, 0) is 6.42 Å². The second-order valence-electron chi connectivity index (χ2n) is 7.05. The molecule has 1 rings (SSSR count). The lowest BCUT2D eigenvalue weighted by atomic mass is 9.90. The van der Waals surface area contributed by atoms with Crippen molar-refractivity contribution in [3.05, 3.63) is 35.4 Å². The third-order valence-corrected chi connectivity index (χ3v) is 4.89. The van der Waals surface area contributed by atoms with Gasteiger partial charge in [-0.25, -0.2) is 0 Å². The summed E-state index contributed by atoms with van der Waals surface area (Å²) in [5.41, 5.74) is 0.627. The summed E-state index contributed by atoms with van der Waals surface area (Å²) in [6, 6.07) is 5.21. The van der Waals surface area contributed by atoms with E-state index < -0.39 is 48.6 Å². The first-order chi connectivity index (χ1) is 13.7. The highest BCUT2D eigenvalue weighted by Gasteiger charge is 2.90. The van der Waals surface area contributed by atoms with Crippen LogP contribution in [0.3, 0.4) is 0 Å². The van der Waals surface area contributed by atoms with Gasteiger partial charge < -0.3 is 0 Å². The number of alkyl halides is 13. The summed E-state index contributed by atoms with van der Waals surface area (Å²) in [6.07, 6.45) is -10.00. The summed E-state index contributed by atoms with van der Waals surface area (Å²) in [5, 5.41) is 0. The summed E-state index contributed by atoms with van der Waals surface area (Å²) < 4.78 is 170. The summed E-state index contributed by atoms with van der Waals surface area (Å²) >= 11 is 0. The zero-order valence-electron chi connectivity index (χ0n) is 15.9. The number of hydrogen-bond donors (Lipinski definition) is 0. The molecule has 0 saturated carbocycles. The van der Waals surface area contributed by atoms with Gasteiger partial charge in [0.2, 0.25) is 0 Å². The van der Waals surface area contributed by atoms with E-state index in [1.165, 1.54) is 24.3 Å². The number of halogens is 13. The molecule has 0 nitrogen and oxygen atoms in total. The van der Waals surface area contributed by atoms with E-state index in [1.54, 1.807) is 0 Å². The Hall–Kier alpha value is -1.69. The molecule has 0 fully saturated rings. The highest BCUT2D eigenvalue weighted by atomic mass is 19.4. The van der Waals surface area contributed by atoms with Crippen LogP contribution >= 0.6 is 0 Å². The van der Waals surface area contributed by atoms with Crippen LogP contribution in [0.2, 0.25) is 0 Å². The summed E-state index contributed by atoms with van der Waals surface area (Å²) in [7, 11) is 0. The molecule has 0 amide bonds. The van der Waals surface area contributed by atoms with E-state index in [0.717, 1.165) is 5.56 Å². The fourth-order valence-corrected chi connectivity index (χ4v) is 2.51. The Morgan fingerprint density at radius 2 is 1.06 bits per heavy atom. The van der Waals surface area contributed by atoms with Crippen molar-refractivity contribution < 1.29 is 57.1 Å². The Bertz CT molecular complexity index is 732. The van der Waals surface area contributed by atoms with Crippen LogP contribution in [0.5, 0.6) is 0 Å².